The Balaban J connectivity index is 1.08. The second-order valence-corrected chi connectivity index (χ2v) is 20.7. The zero-order valence-corrected chi connectivity index (χ0v) is 31.5. The molecule has 6 rings (SSSR count). The van der Waals surface area contributed by atoms with Gasteiger partial charge >= 0.3 is 6.09 Å². The average Bonchev–Trinajstić information content (AvgIpc) is 3.72. The van der Waals surface area contributed by atoms with Gasteiger partial charge in [-0.05, 0) is 99.7 Å². The number of ether oxygens (including phenoxy) is 2. The molecule has 8 heteroatoms. The molecule has 0 N–H and O–H groups in total. The van der Waals surface area contributed by atoms with E-state index in [0.717, 1.165) is 79.6 Å². The van der Waals surface area contributed by atoms with Crippen LogP contribution in [0, 0.1) is 18.3 Å². The first kappa shape index (κ1) is 35.2. The number of hydrogen-bond donors (Lipinski definition) is 0. The topological polar surface area (TPSA) is 74.0 Å². The third kappa shape index (κ3) is 7.75. The molecule has 0 atom stereocenters. The molecule has 0 bridgehead atoms. The third-order valence-electron chi connectivity index (χ3n) is 10.5. The van der Waals surface area contributed by atoms with Crippen LogP contribution >= 0.6 is 0 Å². The smallest absolute Gasteiger partial charge is 0.410 e. The Labute approximate surface area is 293 Å². The zero-order valence-electron chi connectivity index (χ0n) is 30.5. The first-order valence-electron chi connectivity index (χ1n) is 18.0. The summed E-state index contributed by atoms with van der Waals surface area (Å²) in [5.41, 5.74) is 2.33. The highest BCUT2D eigenvalue weighted by Gasteiger charge is 2.53. The third-order valence-corrected chi connectivity index (χ3v) is 15.5. The van der Waals surface area contributed by atoms with Gasteiger partial charge in [0.1, 0.15) is 11.4 Å². The molecule has 1 aliphatic carbocycles. The normalized spacial score (nSPS) is 16.9. The van der Waals surface area contributed by atoms with Crippen molar-refractivity contribution >= 4 is 35.8 Å². The number of piperidine rings is 1. The zero-order chi connectivity index (χ0) is 34.9. The van der Waals surface area contributed by atoms with Gasteiger partial charge in [-0.25, -0.2) is 4.79 Å². The van der Waals surface area contributed by atoms with Gasteiger partial charge in [-0.15, -0.1) is 0 Å². The molecule has 7 nitrogen and oxygen atoms in total. The van der Waals surface area contributed by atoms with Crippen LogP contribution in [0.2, 0.25) is 5.04 Å². The van der Waals surface area contributed by atoms with Crippen LogP contribution in [-0.2, 0) is 15.6 Å². The van der Waals surface area contributed by atoms with Crippen LogP contribution in [0.5, 0.6) is 5.75 Å². The Bertz CT molecular complexity index is 1670. The lowest BCUT2D eigenvalue weighted by Gasteiger charge is -2.43. The minimum absolute atomic E-state index is 0.0000898. The molecular formula is C41H54N2O5Si. The van der Waals surface area contributed by atoms with Crippen LogP contribution in [0.1, 0.15) is 84.9 Å². The fourth-order valence-corrected chi connectivity index (χ4v) is 12.0. The summed E-state index contributed by atoms with van der Waals surface area (Å²) in [5.74, 6) is 1.40. The molecular weight excluding hydrogens is 629 g/mol. The number of aromatic nitrogens is 1. The number of aryl methyl sites for hydroxylation is 2. The van der Waals surface area contributed by atoms with Crippen LogP contribution in [0.15, 0.2) is 77.3 Å². The predicted molar refractivity (Wildman–Crippen MR) is 198 cm³/mol. The van der Waals surface area contributed by atoms with Crippen molar-refractivity contribution in [2.75, 3.05) is 26.3 Å². The Morgan fingerprint density at radius 1 is 0.898 bits per heavy atom. The summed E-state index contributed by atoms with van der Waals surface area (Å²) in [4.78, 5) is 14.3. The molecule has 1 saturated heterocycles. The summed E-state index contributed by atoms with van der Waals surface area (Å²) in [6.07, 6.45) is 5.81. The summed E-state index contributed by atoms with van der Waals surface area (Å²) in [6, 6.07) is 25.9. The summed E-state index contributed by atoms with van der Waals surface area (Å²) in [7, 11) is -2.61. The number of carbonyl (C=O) groups excluding carboxylic acids is 1. The van der Waals surface area contributed by atoms with E-state index in [9.17, 15) is 4.79 Å². The molecule has 2 fully saturated rings. The summed E-state index contributed by atoms with van der Waals surface area (Å²) >= 11 is 0. The fourth-order valence-electron chi connectivity index (χ4n) is 7.34. The first-order valence-corrected chi connectivity index (χ1v) is 19.9. The van der Waals surface area contributed by atoms with Crippen molar-refractivity contribution in [2.45, 2.75) is 97.6 Å². The molecule has 0 radical (unpaired) electrons. The van der Waals surface area contributed by atoms with Crippen molar-refractivity contribution in [1.29, 1.82) is 0 Å². The van der Waals surface area contributed by atoms with Crippen LogP contribution in [0.25, 0.3) is 11.0 Å². The van der Waals surface area contributed by atoms with Gasteiger partial charge in [0.2, 0.25) is 0 Å². The Kier molecular flexibility index (Phi) is 10.0. The minimum Gasteiger partial charge on any atom is -0.493 e. The monoisotopic (exact) mass is 682 g/mol. The van der Waals surface area contributed by atoms with Crippen molar-refractivity contribution < 1.29 is 23.2 Å². The van der Waals surface area contributed by atoms with Crippen molar-refractivity contribution in [3.8, 4) is 5.75 Å². The van der Waals surface area contributed by atoms with E-state index in [1.54, 1.807) is 0 Å². The molecule has 0 unspecified atom stereocenters. The number of carbonyl (C=O) groups is 1. The number of benzene rings is 3. The molecule has 1 aliphatic heterocycles. The minimum atomic E-state index is -2.61. The molecule has 1 saturated carbocycles. The van der Waals surface area contributed by atoms with Crippen LogP contribution in [0.4, 0.5) is 4.79 Å². The van der Waals surface area contributed by atoms with E-state index in [1.165, 1.54) is 10.4 Å². The van der Waals surface area contributed by atoms with E-state index in [-0.39, 0.29) is 16.5 Å². The highest BCUT2D eigenvalue weighted by atomic mass is 28.4. The van der Waals surface area contributed by atoms with E-state index >= 15 is 0 Å². The maximum absolute atomic E-state index is 12.5. The molecule has 0 spiro atoms. The molecule has 49 heavy (non-hydrogen) atoms. The van der Waals surface area contributed by atoms with Gasteiger partial charge in [0.15, 0.2) is 5.58 Å². The Morgan fingerprint density at radius 3 is 2.06 bits per heavy atom. The molecule has 1 amide bonds. The highest BCUT2D eigenvalue weighted by Crippen LogP contribution is 2.48. The second kappa shape index (κ2) is 13.9. The lowest BCUT2D eigenvalue weighted by Crippen LogP contribution is -2.67. The van der Waals surface area contributed by atoms with E-state index in [2.05, 4.69) is 106 Å². The van der Waals surface area contributed by atoms with Gasteiger partial charge in [-0.3, -0.25) is 0 Å². The summed E-state index contributed by atoms with van der Waals surface area (Å²) in [6.45, 7) is 17.5. The standard InChI is InChI=1S/C41H54N2O5Si/c1-30-36(21-19-34-35(42-48-37(30)34)20-18-31-22-26-43(27-23-31)38(44)47-39(2,3)4)45-28-41(24-25-41)29-46-49(40(5,6)7,32-14-10-8-11-15-32)33-16-12-9-13-17-33/h8-17,19,21,31H,18,20,22-29H2,1-7H3. The van der Waals surface area contributed by atoms with E-state index < -0.39 is 13.9 Å². The lowest BCUT2D eigenvalue weighted by atomic mass is 9.91. The SMILES string of the molecule is Cc1c(OCC2(CO[Si](c3ccccc3)(c3ccccc3)C(C)(C)C)CC2)ccc2c(CCC3CCN(C(=O)OC(C)(C)C)CC3)noc12. The van der Waals surface area contributed by atoms with Gasteiger partial charge in [0.25, 0.3) is 8.32 Å². The highest BCUT2D eigenvalue weighted by molar-refractivity contribution is 6.99. The lowest BCUT2D eigenvalue weighted by molar-refractivity contribution is 0.0181. The second-order valence-electron chi connectivity index (χ2n) is 16.4. The number of rotatable bonds is 11. The van der Waals surface area contributed by atoms with E-state index in [0.29, 0.717) is 19.1 Å². The number of nitrogens with zero attached hydrogens (tertiary/aromatic N) is 2. The maximum Gasteiger partial charge on any atom is 0.410 e. The average molecular weight is 683 g/mol. The van der Waals surface area contributed by atoms with Crippen molar-refractivity contribution in [3.63, 3.8) is 0 Å². The molecule has 262 valence electrons. The predicted octanol–water partition coefficient (Wildman–Crippen LogP) is 8.45. The van der Waals surface area contributed by atoms with Crippen LogP contribution in [0.3, 0.4) is 0 Å². The largest absolute Gasteiger partial charge is 0.493 e. The molecule has 2 aliphatic rings. The Morgan fingerprint density at radius 2 is 1.51 bits per heavy atom. The maximum atomic E-state index is 12.5. The van der Waals surface area contributed by atoms with Crippen LogP contribution < -0.4 is 15.1 Å². The number of amides is 1. The van der Waals surface area contributed by atoms with E-state index in [1.807, 2.05) is 25.7 Å². The van der Waals surface area contributed by atoms with Gasteiger partial charge < -0.3 is 23.3 Å². The van der Waals surface area contributed by atoms with Gasteiger partial charge in [0, 0.05) is 36.1 Å². The van der Waals surface area contributed by atoms with Gasteiger partial charge in [0.05, 0.1) is 12.3 Å². The molecule has 3 aromatic carbocycles. The molecule has 4 aromatic rings. The van der Waals surface area contributed by atoms with Crippen molar-refractivity contribution in [1.82, 2.24) is 10.1 Å². The quantitative estimate of drug-likeness (QED) is 0.148. The van der Waals surface area contributed by atoms with Crippen LogP contribution in [-0.4, -0.2) is 56.4 Å². The first-order chi connectivity index (χ1) is 23.3. The van der Waals surface area contributed by atoms with E-state index in [4.69, 9.17) is 18.4 Å². The number of likely N-dealkylation sites (tertiary alicyclic amines) is 1. The number of fused-ring (bicyclic) bond motifs is 1. The fraction of sp³-hybridized carbons (Fsp3) is 0.512. The number of hydrogen-bond acceptors (Lipinski definition) is 6. The van der Waals surface area contributed by atoms with Crippen molar-refractivity contribution in [3.05, 3.63) is 84.1 Å². The summed E-state index contributed by atoms with van der Waals surface area (Å²) in [5, 5.41) is 8.10. The van der Waals surface area contributed by atoms with Crippen molar-refractivity contribution in [2.24, 2.45) is 11.3 Å². The molecule has 1 aromatic heterocycles. The van der Waals surface area contributed by atoms with Gasteiger partial charge in [-0.1, -0.05) is 86.6 Å². The summed E-state index contributed by atoms with van der Waals surface area (Å²) < 4.78 is 25.3. The van der Waals surface area contributed by atoms with Gasteiger partial charge in [-0.2, -0.15) is 0 Å². The molecule has 2 heterocycles. The Hall–Kier alpha value is -3.62.